The molecule has 1 aliphatic rings. The topological polar surface area (TPSA) is 97.4 Å². The first-order valence-electron chi connectivity index (χ1n) is 7.57. The van der Waals surface area contributed by atoms with Gasteiger partial charge in [-0.05, 0) is 5.75 Å². The van der Waals surface area contributed by atoms with Gasteiger partial charge < -0.3 is 23.7 Å². The van der Waals surface area contributed by atoms with Crippen molar-refractivity contribution in [2.24, 2.45) is 0 Å². The molecule has 1 aliphatic heterocycles. The first-order chi connectivity index (χ1) is 11.3. The molecule has 1 heterocycles. The van der Waals surface area contributed by atoms with E-state index in [9.17, 15) is 14.4 Å². The third-order valence-electron chi connectivity index (χ3n) is 3.25. The van der Waals surface area contributed by atoms with Gasteiger partial charge >= 0.3 is 17.9 Å². The van der Waals surface area contributed by atoms with Gasteiger partial charge in [0.1, 0.15) is 24.3 Å². The molecular weight excluding hydrogens is 340 g/mol. The van der Waals surface area contributed by atoms with Gasteiger partial charge in [0.25, 0.3) is 0 Å². The van der Waals surface area contributed by atoms with Crippen molar-refractivity contribution < 1.29 is 38.1 Å². The van der Waals surface area contributed by atoms with E-state index in [1.165, 1.54) is 39.6 Å². The number of rotatable bonds is 7. The highest BCUT2D eigenvalue weighted by molar-refractivity contribution is 7.99. The van der Waals surface area contributed by atoms with Gasteiger partial charge in [-0.25, -0.2) is 0 Å². The molecule has 0 aliphatic carbocycles. The number of carbonyl (C=O) groups is 3. The zero-order valence-corrected chi connectivity index (χ0v) is 15.3. The van der Waals surface area contributed by atoms with Crippen LogP contribution in [0.15, 0.2) is 0 Å². The Kier molecular flexibility index (Phi) is 8.51. The summed E-state index contributed by atoms with van der Waals surface area (Å²) in [6.07, 6.45) is -3.09. The average Bonchev–Trinajstić information content (AvgIpc) is 2.47. The van der Waals surface area contributed by atoms with Crippen LogP contribution in [0.2, 0.25) is 0 Å². The highest BCUT2D eigenvalue weighted by atomic mass is 32.2. The normalized spacial score (nSPS) is 29.6. The fourth-order valence-electron chi connectivity index (χ4n) is 2.43. The summed E-state index contributed by atoms with van der Waals surface area (Å²) in [7, 11) is 1.43. The summed E-state index contributed by atoms with van der Waals surface area (Å²) in [6, 6.07) is 0. The van der Waals surface area contributed by atoms with E-state index in [0.29, 0.717) is 5.75 Å². The van der Waals surface area contributed by atoms with Crippen molar-refractivity contribution in [2.75, 3.05) is 19.5 Å². The summed E-state index contributed by atoms with van der Waals surface area (Å²) in [6.45, 7) is 5.65. The van der Waals surface area contributed by atoms with Gasteiger partial charge in [0.2, 0.25) is 0 Å². The molecule has 5 atom stereocenters. The third kappa shape index (κ3) is 5.95. The van der Waals surface area contributed by atoms with Gasteiger partial charge in [-0.15, -0.1) is 11.8 Å². The SMILES string of the molecule is CCS[C@@H]1O[C@H](COC(C)=O)[C@@H](OC(C)=O)[C@H](OC)[C@H]1OC(C)=O. The standard InChI is InChI=1S/C15H24O8S/c1-6-24-15-14(22-10(4)18)13(19-5)12(21-9(3)17)11(23-15)7-20-8(2)16/h11-15H,6-7H2,1-5H3/t11-,12-,13+,14-,15+/m1/s1. The molecule has 138 valence electrons. The number of ether oxygens (including phenoxy) is 5. The van der Waals surface area contributed by atoms with Crippen LogP contribution < -0.4 is 0 Å². The molecule has 0 aromatic carbocycles. The Bertz CT molecular complexity index is 455. The van der Waals surface area contributed by atoms with Crippen molar-refractivity contribution in [3.05, 3.63) is 0 Å². The summed E-state index contributed by atoms with van der Waals surface area (Å²) in [5, 5.41) is 0. The Morgan fingerprint density at radius 1 is 0.958 bits per heavy atom. The van der Waals surface area contributed by atoms with Gasteiger partial charge in [0.15, 0.2) is 12.2 Å². The predicted octanol–water partition coefficient (Wildman–Crippen LogP) is 0.906. The maximum atomic E-state index is 11.4. The van der Waals surface area contributed by atoms with Crippen LogP contribution >= 0.6 is 11.8 Å². The van der Waals surface area contributed by atoms with Gasteiger partial charge in [0, 0.05) is 27.9 Å². The van der Waals surface area contributed by atoms with Crippen LogP contribution in [0.25, 0.3) is 0 Å². The van der Waals surface area contributed by atoms with Crippen LogP contribution in [0.3, 0.4) is 0 Å². The Balaban J connectivity index is 3.07. The minimum Gasteiger partial charge on any atom is -0.463 e. The maximum Gasteiger partial charge on any atom is 0.303 e. The molecule has 1 rings (SSSR count). The molecule has 8 nitrogen and oxygen atoms in total. The molecule has 0 amide bonds. The van der Waals surface area contributed by atoms with E-state index in [2.05, 4.69) is 0 Å². The Hall–Kier alpha value is -1.32. The second kappa shape index (κ2) is 9.85. The van der Waals surface area contributed by atoms with E-state index >= 15 is 0 Å². The van der Waals surface area contributed by atoms with E-state index in [1.54, 1.807) is 0 Å². The molecule has 1 fully saturated rings. The number of hydrogen-bond acceptors (Lipinski definition) is 9. The van der Waals surface area contributed by atoms with E-state index in [4.69, 9.17) is 23.7 Å². The zero-order valence-electron chi connectivity index (χ0n) is 14.5. The van der Waals surface area contributed by atoms with Crippen molar-refractivity contribution in [3.8, 4) is 0 Å². The smallest absolute Gasteiger partial charge is 0.303 e. The average molecular weight is 364 g/mol. The maximum absolute atomic E-state index is 11.4. The van der Waals surface area contributed by atoms with E-state index < -0.39 is 47.8 Å². The molecule has 0 unspecified atom stereocenters. The molecule has 1 saturated heterocycles. The minimum absolute atomic E-state index is 0.0965. The Labute approximate surface area is 145 Å². The van der Waals surface area contributed by atoms with E-state index in [1.807, 2.05) is 6.92 Å². The molecule has 0 radical (unpaired) electrons. The summed E-state index contributed by atoms with van der Waals surface area (Å²) in [5.74, 6) is -0.804. The monoisotopic (exact) mass is 364 g/mol. The van der Waals surface area contributed by atoms with E-state index in [-0.39, 0.29) is 6.61 Å². The predicted molar refractivity (Wildman–Crippen MR) is 85.3 cm³/mol. The molecule has 0 aromatic rings. The van der Waals surface area contributed by atoms with Crippen molar-refractivity contribution in [2.45, 2.75) is 57.5 Å². The second-order valence-electron chi connectivity index (χ2n) is 5.15. The largest absolute Gasteiger partial charge is 0.463 e. The fourth-order valence-corrected chi connectivity index (χ4v) is 3.38. The molecule has 9 heteroatoms. The lowest BCUT2D eigenvalue weighted by Crippen LogP contribution is -2.61. The van der Waals surface area contributed by atoms with E-state index in [0.717, 1.165) is 0 Å². The lowest BCUT2D eigenvalue weighted by atomic mass is 9.99. The van der Waals surface area contributed by atoms with Gasteiger partial charge in [0.05, 0.1) is 0 Å². The first kappa shape index (κ1) is 20.7. The summed E-state index contributed by atoms with van der Waals surface area (Å²) in [4.78, 5) is 34.0. The molecule has 0 N–H and O–H groups in total. The number of methoxy groups -OCH3 is 1. The number of esters is 3. The van der Waals surface area contributed by atoms with Gasteiger partial charge in [-0.2, -0.15) is 0 Å². The molecule has 24 heavy (non-hydrogen) atoms. The minimum atomic E-state index is -0.870. The molecule has 0 bridgehead atoms. The van der Waals surface area contributed by atoms with Crippen LogP contribution in [-0.2, 0) is 38.1 Å². The van der Waals surface area contributed by atoms with Crippen molar-refractivity contribution in [1.29, 1.82) is 0 Å². The molecule has 0 aromatic heterocycles. The highest BCUT2D eigenvalue weighted by Gasteiger charge is 2.50. The quantitative estimate of drug-likeness (QED) is 0.482. The Morgan fingerprint density at radius 2 is 1.54 bits per heavy atom. The number of hydrogen-bond donors (Lipinski definition) is 0. The summed E-state index contributed by atoms with van der Waals surface area (Å²) >= 11 is 1.42. The van der Waals surface area contributed by atoms with Crippen molar-refractivity contribution in [1.82, 2.24) is 0 Å². The van der Waals surface area contributed by atoms with Crippen molar-refractivity contribution in [3.63, 3.8) is 0 Å². The van der Waals surface area contributed by atoms with Crippen molar-refractivity contribution >= 4 is 29.7 Å². The third-order valence-corrected chi connectivity index (χ3v) is 4.29. The first-order valence-corrected chi connectivity index (χ1v) is 8.62. The van der Waals surface area contributed by atoms with Crippen LogP contribution in [0.1, 0.15) is 27.7 Å². The second-order valence-corrected chi connectivity index (χ2v) is 6.52. The lowest BCUT2D eigenvalue weighted by Gasteiger charge is -2.44. The fraction of sp³-hybridized carbons (Fsp3) is 0.800. The lowest BCUT2D eigenvalue weighted by molar-refractivity contribution is -0.234. The summed E-state index contributed by atoms with van der Waals surface area (Å²) in [5.41, 5.74) is -0.531. The number of carbonyl (C=O) groups excluding carboxylic acids is 3. The van der Waals surface area contributed by atoms with Crippen LogP contribution in [0, 0.1) is 0 Å². The van der Waals surface area contributed by atoms with Crippen LogP contribution in [0.4, 0.5) is 0 Å². The van der Waals surface area contributed by atoms with Crippen LogP contribution in [-0.4, -0.2) is 67.2 Å². The van der Waals surface area contributed by atoms with Gasteiger partial charge in [-0.3, -0.25) is 14.4 Å². The molecule has 0 saturated carbocycles. The number of thioether (sulfide) groups is 1. The van der Waals surface area contributed by atoms with Gasteiger partial charge in [-0.1, -0.05) is 6.92 Å². The zero-order chi connectivity index (χ0) is 18.3. The highest BCUT2D eigenvalue weighted by Crippen LogP contribution is 2.33. The van der Waals surface area contributed by atoms with Crippen LogP contribution in [0.5, 0.6) is 0 Å². The molecule has 0 spiro atoms. The molecular formula is C15H24O8S. The summed E-state index contributed by atoms with van der Waals surface area (Å²) < 4.78 is 27.0. The Morgan fingerprint density at radius 3 is 2.00 bits per heavy atom.